The smallest absolute Gasteiger partial charge is 0.434 e. The number of aryl methyl sites for hydroxylation is 1. The molecule has 0 amide bonds. The van der Waals surface area contributed by atoms with Crippen LogP contribution in [0.3, 0.4) is 0 Å². The molecule has 1 N–H and O–H groups in total. The van der Waals surface area contributed by atoms with E-state index in [4.69, 9.17) is 21.1 Å². The van der Waals surface area contributed by atoms with Crippen molar-refractivity contribution in [3.63, 3.8) is 0 Å². The van der Waals surface area contributed by atoms with Gasteiger partial charge in [0.25, 0.3) is 0 Å². The molecule has 1 aromatic carbocycles. The second kappa shape index (κ2) is 6.80. The molecule has 0 bridgehead atoms. The Morgan fingerprint density at radius 3 is 2.75 bits per heavy atom. The van der Waals surface area contributed by atoms with E-state index in [9.17, 15) is 4.79 Å². The Labute approximate surface area is 144 Å². The fourth-order valence-corrected chi connectivity index (χ4v) is 2.61. The SMILES string of the molecule is CCOC(=O)Oc1c(Nc2ccncc2)c2cc(Cl)ccc2n1C. The molecule has 6 nitrogen and oxygen atoms in total. The predicted octanol–water partition coefficient (Wildman–Crippen LogP) is 4.51. The van der Waals surface area contributed by atoms with E-state index in [0.29, 0.717) is 16.6 Å². The fourth-order valence-electron chi connectivity index (χ4n) is 2.44. The molecule has 0 unspecified atom stereocenters. The van der Waals surface area contributed by atoms with Crippen molar-refractivity contribution in [1.29, 1.82) is 0 Å². The summed E-state index contributed by atoms with van der Waals surface area (Å²) in [6, 6.07) is 9.11. The number of ether oxygens (including phenoxy) is 2. The summed E-state index contributed by atoms with van der Waals surface area (Å²) in [6.07, 6.45) is 2.59. The highest BCUT2D eigenvalue weighted by Crippen LogP contribution is 2.39. The maximum atomic E-state index is 11.8. The molecule has 24 heavy (non-hydrogen) atoms. The highest BCUT2D eigenvalue weighted by Gasteiger charge is 2.20. The van der Waals surface area contributed by atoms with Crippen molar-refractivity contribution in [2.24, 2.45) is 7.05 Å². The quantitative estimate of drug-likeness (QED) is 0.705. The molecule has 3 aromatic rings. The molecule has 0 radical (unpaired) electrons. The molecule has 0 saturated heterocycles. The first-order valence-electron chi connectivity index (χ1n) is 7.39. The molecule has 2 aromatic heterocycles. The topological polar surface area (TPSA) is 65.4 Å². The van der Waals surface area contributed by atoms with Crippen LogP contribution in [0, 0.1) is 0 Å². The highest BCUT2D eigenvalue weighted by molar-refractivity contribution is 6.31. The maximum Gasteiger partial charge on any atom is 0.515 e. The molecule has 0 atom stereocenters. The average Bonchev–Trinajstić information content (AvgIpc) is 2.81. The lowest BCUT2D eigenvalue weighted by molar-refractivity contribution is 0.102. The third-order valence-electron chi connectivity index (χ3n) is 3.50. The maximum absolute atomic E-state index is 11.8. The van der Waals surface area contributed by atoms with Gasteiger partial charge in [-0.1, -0.05) is 11.6 Å². The number of halogens is 1. The van der Waals surface area contributed by atoms with E-state index in [0.717, 1.165) is 16.6 Å². The highest BCUT2D eigenvalue weighted by atomic mass is 35.5. The lowest BCUT2D eigenvalue weighted by Crippen LogP contribution is -2.13. The summed E-state index contributed by atoms with van der Waals surface area (Å²) < 4.78 is 12.1. The van der Waals surface area contributed by atoms with Crippen LogP contribution >= 0.6 is 11.6 Å². The number of benzene rings is 1. The van der Waals surface area contributed by atoms with Crippen LogP contribution in [0.5, 0.6) is 5.88 Å². The van der Waals surface area contributed by atoms with Gasteiger partial charge in [0.05, 0.1) is 12.1 Å². The van der Waals surface area contributed by atoms with Crippen LogP contribution in [0.1, 0.15) is 6.92 Å². The zero-order valence-electron chi connectivity index (χ0n) is 13.2. The second-order valence-electron chi connectivity index (χ2n) is 5.05. The van der Waals surface area contributed by atoms with Gasteiger partial charge in [-0.3, -0.25) is 4.98 Å². The number of nitrogens with zero attached hydrogens (tertiary/aromatic N) is 2. The molecule has 2 heterocycles. The number of aromatic nitrogens is 2. The summed E-state index contributed by atoms with van der Waals surface area (Å²) >= 11 is 6.13. The van der Waals surface area contributed by atoms with Gasteiger partial charge in [-0.25, -0.2) is 4.79 Å². The van der Waals surface area contributed by atoms with Crippen LogP contribution in [0.15, 0.2) is 42.7 Å². The molecule has 0 aliphatic rings. The van der Waals surface area contributed by atoms with Gasteiger partial charge in [0.1, 0.15) is 5.69 Å². The summed E-state index contributed by atoms with van der Waals surface area (Å²) in [5.41, 5.74) is 2.32. The minimum absolute atomic E-state index is 0.238. The van der Waals surface area contributed by atoms with Crippen molar-refractivity contribution in [3.8, 4) is 5.88 Å². The Kier molecular flexibility index (Phi) is 4.57. The molecule has 3 rings (SSSR count). The molecule has 0 aliphatic carbocycles. The van der Waals surface area contributed by atoms with Gasteiger partial charge in [-0.2, -0.15) is 0 Å². The molecular formula is C17H16ClN3O3. The van der Waals surface area contributed by atoms with Crippen LogP contribution in [0.25, 0.3) is 10.9 Å². The molecule has 0 saturated carbocycles. The van der Waals surface area contributed by atoms with E-state index >= 15 is 0 Å². The molecular weight excluding hydrogens is 330 g/mol. The zero-order chi connectivity index (χ0) is 17.1. The molecule has 0 aliphatic heterocycles. The summed E-state index contributed by atoms with van der Waals surface area (Å²) in [7, 11) is 1.81. The third-order valence-corrected chi connectivity index (χ3v) is 3.73. The largest absolute Gasteiger partial charge is 0.515 e. The number of carbonyl (C=O) groups is 1. The van der Waals surface area contributed by atoms with Gasteiger partial charge in [-0.15, -0.1) is 0 Å². The van der Waals surface area contributed by atoms with Crippen molar-refractivity contribution in [1.82, 2.24) is 9.55 Å². The van der Waals surface area contributed by atoms with E-state index in [2.05, 4.69) is 10.3 Å². The first-order chi connectivity index (χ1) is 11.6. The van der Waals surface area contributed by atoms with Crippen LogP contribution in [-0.4, -0.2) is 22.3 Å². The van der Waals surface area contributed by atoms with E-state index in [1.165, 1.54) is 0 Å². The number of carbonyl (C=O) groups excluding carboxylic acids is 1. The standard InChI is InChI=1S/C17H16ClN3O3/c1-3-23-17(22)24-16-15(20-12-6-8-19-9-7-12)13-10-11(18)4-5-14(13)21(16)2/h4-10H,3H2,1-2H3,(H,19,20). The number of pyridine rings is 1. The number of hydrogen-bond acceptors (Lipinski definition) is 5. The summed E-state index contributed by atoms with van der Waals surface area (Å²) in [4.78, 5) is 15.8. The lowest BCUT2D eigenvalue weighted by atomic mass is 10.2. The van der Waals surface area contributed by atoms with Crippen molar-refractivity contribution in [3.05, 3.63) is 47.7 Å². The number of nitrogens with one attached hydrogen (secondary N) is 1. The summed E-state index contributed by atoms with van der Waals surface area (Å²) in [5, 5.41) is 4.68. The number of anilines is 2. The Bertz CT molecular complexity index is 878. The van der Waals surface area contributed by atoms with Crippen molar-refractivity contribution < 1.29 is 14.3 Å². The van der Waals surface area contributed by atoms with Crippen molar-refractivity contribution >= 4 is 40.0 Å². The van der Waals surface area contributed by atoms with Crippen molar-refractivity contribution in [2.45, 2.75) is 6.92 Å². The van der Waals surface area contributed by atoms with Gasteiger partial charge in [0, 0.05) is 35.5 Å². The number of hydrogen-bond donors (Lipinski definition) is 1. The lowest BCUT2D eigenvalue weighted by Gasteiger charge is -2.10. The Balaban J connectivity index is 2.11. The van der Waals surface area contributed by atoms with Crippen LogP contribution < -0.4 is 10.1 Å². The Hall–Kier alpha value is -2.73. The second-order valence-corrected chi connectivity index (χ2v) is 5.48. The molecule has 7 heteroatoms. The monoisotopic (exact) mass is 345 g/mol. The number of fused-ring (bicyclic) bond motifs is 1. The van der Waals surface area contributed by atoms with Crippen LogP contribution in [0.4, 0.5) is 16.2 Å². The molecule has 0 fully saturated rings. The van der Waals surface area contributed by atoms with Gasteiger partial charge in [-0.05, 0) is 37.3 Å². The fraction of sp³-hybridized carbons (Fsp3) is 0.176. The predicted molar refractivity (Wildman–Crippen MR) is 93.1 cm³/mol. The summed E-state index contributed by atoms with van der Waals surface area (Å²) in [6.45, 7) is 1.96. The van der Waals surface area contributed by atoms with E-state index in [1.807, 2.05) is 31.3 Å². The van der Waals surface area contributed by atoms with E-state index in [1.54, 1.807) is 30.0 Å². The van der Waals surface area contributed by atoms with Gasteiger partial charge in [0.2, 0.25) is 5.88 Å². The molecule has 0 spiro atoms. The van der Waals surface area contributed by atoms with Crippen LogP contribution in [-0.2, 0) is 11.8 Å². The van der Waals surface area contributed by atoms with Crippen molar-refractivity contribution in [2.75, 3.05) is 11.9 Å². The van der Waals surface area contributed by atoms with Gasteiger partial charge < -0.3 is 19.4 Å². The first kappa shape index (κ1) is 16.1. The van der Waals surface area contributed by atoms with E-state index < -0.39 is 6.16 Å². The van der Waals surface area contributed by atoms with Gasteiger partial charge >= 0.3 is 6.16 Å². The van der Waals surface area contributed by atoms with E-state index in [-0.39, 0.29) is 6.61 Å². The first-order valence-corrected chi connectivity index (χ1v) is 7.77. The Morgan fingerprint density at radius 1 is 1.29 bits per heavy atom. The average molecular weight is 346 g/mol. The third kappa shape index (κ3) is 3.14. The summed E-state index contributed by atoms with van der Waals surface area (Å²) in [5.74, 6) is 0.350. The normalized spacial score (nSPS) is 10.6. The number of rotatable bonds is 4. The minimum Gasteiger partial charge on any atom is -0.434 e. The van der Waals surface area contributed by atoms with Gasteiger partial charge in [0.15, 0.2) is 0 Å². The Morgan fingerprint density at radius 2 is 2.04 bits per heavy atom. The zero-order valence-corrected chi connectivity index (χ0v) is 14.0. The molecule has 124 valence electrons. The minimum atomic E-state index is -0.757. The van der Waals surface area contributed by atoms with Crippen LogP contribution in [0.2, 0.25) is 5.02 Å².